The predicted molar refractivity (Wildman–Crippen MR) is 111 cm³/mol. The molecule has 1 aliphatic heterocycles. The number of aliphatic imine (C=N–C) groups is 1. The second-order valence-corrected chi connectivity index (χ2v) is 6.41. The van der Waals surface area contributed by atoms with Crippen molar-refractivity contribution >= 4 is 40.7 Å². The molecule has 1 atom stereocenters. The largest absolute Gasteiger partial charge is 0.497 e. The number of methoxy groups -OCH3 is 1. The van der Waals surface area contributed by atoms with Gasteiger partial charge in [0.05, 0.1) is 23.3 Å². The Kier molecular flexibility index (Phi) is 4.14. The molecule has 3 rings (SSSR count). The van der Waals surface area contributed by atoms with Gasteiger partial charge in [-0.3, -0.25) is 14.6 Å². The summed E-state index contributed by atoms with van der Waals surface area (Å²) in [5.74, 6) is -2.74. The third-order valence-electron chi connectivity index (χ3n) is 3.99. The van der Waals surface area contributed by atoms with Gasteiger partial charge in [-0.15, -0.1) is 0 Å². The van der Waals surface area contributed by atoms with Crippen molar-refractivity contribution in [1.29, 1.82) is 0 Å². The number of nitrogens with one attached hydrogen (secondary N) is 2. The molecule has 1 aliphatic rings. The number of ether oxygens (including phenoxy) is 1. The molecule has 9 heteroatoms. The van der Waals surface area contributed by atoms with E-state index in [-0.39, 0.29) is 17.3 Å². The molecular weight excluding hydrogens is 396 g/mol. The first-order valence-corrected chi connectivity index (χ1v) is 8.65. The Morgan fingerprint density at radius 2 is 2.14 bits per heavy atom. The number of rotatable bonds is 5. The number of amides is 1. The van der Waals surface area contributed by atoms with Crippen LogP contribution in [-0.2, 0) is 9.59 Å². The van der Waals surface area contributed by atoms with E-state index in [1.54, 1.807) is 24.3 Å². The molecule has 0 spiro atoms. The summed E-state index contributed by atoms with van der Waals surface area (Å²) in [5, 5.41) is 16.6. The number of hydrogen-bond acceptors (Lipinski definition) is 5. The van der Waals surface area contributed by atoms with Crippen LogP contribution in [0.25, 0.3) is 0 Å². The van der Waals surface area contributed by atoms with Crippen molar-refractivity contribution in [1.82, 2.24) is 5.43 Å². The fourth-order valence-corrected chi connectivity index (χ4v) is 2.88. The Labute approximate surface area is 180 Å². The van der Waals surface area contributed by atoms with Gasteiger partial charge < -0.3 is 15.2 Å². The third-order valence-corrected chi connectivity index (χ3v) is 4.24. The van der Waals surface area contributed by atoms with Crippen LogP contribution in [0.2, 0.25) is 5.02 Å². The number of carbonyl (C=O) groups is 2. The van der Waals surface area contributed by atoms with E-state index >= 15 is 0 Å². The smallest absolute Gasteiger partial charge is 0.306 e. The van der Waals surface area contributed by atoms with Gasteiger partial charge in [0, 0.05) is 32.8 Å². The van der Waals surface area contributed by atoms with E-state index in [0.717, 1.165) is 0 Å². The molecule has 0 aliphatic carbocycles. The van der Waals surface area contributed by atoms with Crippen molar-refractivity contribution in [3.8, 4) is 5.75 Å². The molecule has 1 amide bonds. The Balaban J connectivity index is 2.18. The SMILES string of the molecule is [2H]C([2H])([2H])Oc1ccc2c(c1)C(c1ccc(Cl)cc1)=N[C@@H](CC(=O)O)/C(=N/NC(=O)C([2H])([2H])[2H])N2. The summed E-state index contributed by atoms with van der Waals surface area (Å²) in [7, 11) is -2.72. The number of hydrazone groups is 1. The number of anilines is 1. The average Bonchev–Trinajstić information content (AvgIpc) is 2.87. The summed E-state index contributed by atoms with van der Waals surface area (Å²) < 4.78 is 48.6. The number of aliphatic carboxylic acids is 1. The van der Waals surface area contributed by atoms with Gasteiger partial charge in [0.1, 0.15) is 11.8 Å². The van der Waals surface area contributed by atoms with Crippen molar-refractivity contribution < 1.29 is 27.7 Å². The van der Waals surface area contributed by atoms with E-state index in [9.17, 15) is 14.7 Å². The quantitative estimate of drug-likeness (QED) is 0.644. The molecule has 0 fully saturated rings. The van der Waals surface area contributed by atoms with Crippen molar-refractivity contribution in [2.45, 2.75) is 19.3 Å². The van der Waals surface area contributed by atoms with E-state index in [2.05, 4.69) is 15.4 Å². The third kappa shape index (κ3) is 4.91. The molecule has 0 saturated carbocycles. The van der Waals surface area contributed by atoms with Crippen LogP contribution in [0.1, 0.15) is 32.6 Å². The first-order valence-electron chi connectivity index (χ1n) is 11.3. The summed E-state index contributed by atoms with van der Waals surface area (Å²) in [6.07, 6.45) is -0.556. The lowest BCUT2D eigenvalue weighted by atomic mass is 10.00. The van der Waals surface area contributed by atoms with Gasteiger partial charge in [0.2, 0.25) is 5.91 Å². The van der Waals surface area contributed by atoms with Crippen molar-refractivity contribution in [2.75, 3.05) is 12.4 Å². The molecule has 3 N–H and O–H groups in total. The number of carbonyl (C=O) groups excluding carboxylic acids is 1. The highest BCUT2D eigenvalue weighted by Crippen LogP contribution is 2.29. The maximum Gasteiger partial charge on any atom is 0.306 e. The summed E-state index contributed by atoms with van der Waals surface area (Å²) in [5.41, 5.74) is 3.36. The molecule has 0 unspecified atom stereocenters. The maximum absolute atomic E-state index is 11.8. The molecule has 0 radical (unpaired) electrons. The van der Waals surface area contributed by atoms with Crippen molar-refractivity contribution in [3.05, 3.63) is 58.6 Å². The predicted octanol–water partition coefficient (Wildman–Crippen LogP) is 2.90. The van der Waals surface area contributed by atoms with Crippen LogP contribution >= 0.6 is 11.6 Å². The molecule has 0 aromatic heterocycles. The highest BCUT2D eigenvalue weighted by molar-refractivity contribution is 6.31. The summed E-state index contributed by atoms with van der Waals surface area (Å²) in [4.78, 5) is 27.9. The number of fused-ring (bicyclic) bond motifs is 1. The van der Waals surface area contributed by atoms with Crippen molar-refractivity contribution in [2.24, 2.45) is 10.1 Å². The van der Waals surface area contributed by atoms with E-state index in [4.69, 9.17) is 24.6 Å². The van der Waals surface area contributed by atoms with Crippen LogP contribution in [0.4, 0.5) is 5.69 Å². The minimum absolute atomic E-state index is 0.00177. The number of carboxylic acid groups (broad SMARTS) is 1. The monoisotopic (exact) mass is 420 g/mol. The van der Waals surface area contributed by atoms with Crippen LogP contribution in [0.5, 0.6) is 5.75 Å². The van der Waals surface area contributed by atoms with Gasteiger partial charge >= 0.3 is 5.97 Å². The number of benzene rings is 2. The zero-order valence-electron chi connectivity index (χ0n) is 20.8. The van der Waals surface area contributed by atoms with E-state index < -0.39 is 38.2 Å². The normalized spacial score (nSPS) is 20.8. The molecule has 150 valence electrons. The average molecular weight is 421 g/mol. The van der Waals surface area contributed by atoms with E-state index in [1.807, 2.05) is 5.43 Å². The number of hydrogen-bond donors (Lipinski definition) is 3. The first-order chi connectivity index (χ1) is 16.2. The molecular formula is C20H19ClN4O4. The van der Waals surface area contributed by atoms with Gasteiger partial charge in [0.15, 0.2) is 5.84 Å². The zero-order chi connectivity index (χ0) is 26.0. The van der Waals surface area contributed by atoms with Gasteiger partial charge in [-0.25, -0.2) is 5.43 Å². The first kappa shape index (κ1) is 13.7. The molecule has 2 aromatic carbocycles. The molecule has 8 nitrogen and oxygen atoms in total. The Bertz CT molecular complexity index is 1200. The van der Waals surface area contributed by atoms with Gasteiger partial charge in [-0.05, 0) is 30.3 Å². The number of amidine groups is 1. The lowest BCUT2D eigenvalue weighted by Crippen LogP contribution is -2.31. The second kappa shape index (κ2) is 8.74. The summed E-state index contributed by atoms with van der Waals surface area (Å²) in [6.45, 7) is -2.98. The zero-order valence-corrected chi connectivity index (χ0v) is 15.5. The van der Waals surface area contributed by atoms with Crippen molar-refractivity contribution in [3.63, 3.8) is 0 Å². The van der Waals surface area contributed by atoms with Crippen LogP contribution in [-0.4, -0.2) is 41.6 Å². The number of benzodiazepines with no additional fused rings is 1. The van der Waals surface area contributed by atoms with Crippen LogP contribution in [0, 0.1) is 0 Å². The standard InChI is InChI=1S/C20H19ClN4O4/c1-11(26)24-25-20-17(10-18(27)28)22-19(12-3-5-13(21)6-4-12)15-9-14(29-2)7-8-16(15)23-20/h3-9,17H,10H2,1-2H3,(H,23,25)(H,24,26)(H,27,28)/t17-/m0/s1/i1D3,2D3. The lowest BCUT2D eigenvalue weighted by Gasteiger charge is -2.14. The highest BCUT2D eigenvalue weighted by atomic mass is 35.5. The Hall–Kier alpha value is -3.39. The maximum atomic E-state index is 11.8. The van der Waals surface area contributed by atoms with E-state index in [0.29, 0.717) is 21.8 Å². The van der Waals surface area contributed by atoms with Crippen LogP contribution < -0.4 is 15.5 Å². The molecule has 0 saturated heterocycles. The minimum atomic E-state index is -2.98. The molecule has 2 aromatic rings. The van der Waals surface area contributed by atoms with E-state index in [1.165, 1.54) is 18.2 Å². The molecule has 0 bridgehead atoms. The summed E-state index contributed by atoms with van der Waals surface area (Å²) in [6, 6.07) is 9.53. The fourth-order valence-electron chi connectivity index (χ4n) is 2.76. The number of halogens is 1. The molecule has 29 heavy (non-hydrogen) atoms. The highest BCUT2D eigenvalue weighted by Gasteiger charge is 2.27. The second-order valence-electron chi connectivity index (χ2n) is 5.97. The number of nitrogens with zero attached hydrogens (tertiary/aromatic N) is 2. The summed E-state index contributed by atoms with van der Waals surface area (Å²) >= 11 is 5.99. The minimum Gasteiger partial charge on any atom is -0.497 e. The molecule has 1 heterocycles. The Morgan fingerprint density at radius 3 is 2.83 bits per heavy atom. The van der Waals surface area contributed by atoms with Gasteiger partial charge in [-0.2, -0.15) is 5.10 Å². The topological polar surface area (TPSA) is 112 Å². The van der Waals surface area contributed by atoms with Crippen LogP contribution in [0.3, 0.4) is 0 Å². The number of carboxylic acids is 1. The Morgan fingerprint density at radius 1 is 1.34 bits per heavy atom. The lowest BCUT2D eigenvalue weighted by molar-refractivity contribution is -0.137. The van der Waals surface area contributed by atoms with Gasteiger partial charge in [-0.1, -0.05) is 23.7 Å². The fraction of sp³-hybridized carbons (Fsp3) is 0.200. The van der Waals surface area contributed by atoms with Crippen LogP contribution in [0.15, 0.2) is 52.6 Å². The van der Waals surface area contributed by atoms with Gasteiger partial charge in [0.25, 0.3) is 0 Å².